The molecule has 0 saturated heterocycles. The van der Waals surface area contributed by atoms with Gasteiger partial charge in [0.1, 0.15) is 11.6 Å². The molecule has 0 aliphatic rings. The molecule has 3 nitrogen and oxygen atoms in total. The van der Waals surface area contributed by atoms with Crippen molar-refractivity contribution in [3.8, 4) is 11.4 Å². The van der Waals surface area contributed by atoms with Gasteiger partial charge < -0.3 is 5.32 Å². The van der Waals surface area contributed by atoms with E-state index < -0.39 is 0 Å². The Morgan fingerprint density at radius 2 is 1.94 bits per heavy atom. The van der Waals surface area contributed by atoms with Gasteiger partial charge in [-0.2, -0.15) is 0 Å². The quantitative estimate of drug-likeness (QED) is 0.919. The van der Waals surface area contributed by atoms with Gasteiger partial charge in [-0.1, -0.05) is 0 Å². The number of hydrogen-bond acceptors (Lipinski definition) is 3. The molecular formula is C13H13BrFN3. The number of benzene rings is 1. The fraction of sp³-hybridized carbons (Fsp3) is 0.231. The van der Waals surface area contributed by atoms with Crippen LogP contribution >= 0.6 is 15.9 Å². The van der Waals surface area contributed by atoms with E-state index in [2.05, 4.69) is 31.2 Å². The second-order valence-corrected chi connectivity index (χ2v) is 4.84. The third-order valence-electron chi connectivity index (χ3n) is 2.80. The van der Waals surface area contributed by atoms with Crippen molar-refractivity contribution in [2.45, 2.75) is 13.8 Å². The highest BCUT2D eigenvalue weighted by atomic mass is 79.9. The molecule has 1 aromatic carbocycles. The Morgan fingerprint density at radius 1 is 1.22 bits per heavy atom. The number of aromatic nitrogens is 2. The van der Waals surface area contributed by atoms with Crippen molar-refractivity contribution >= 4 is 21.7 Å². The maximum absolute atomic E-state index is 13.5. The van der Waals surface area contributed by atoms with Crippen molar-refractivity contribution in [1.82, 2.24) is 9.97 Å². The molecular weight excluding hydrogens is 297 g/mol. The smallest absolute Gasteiger partial charge is 0.161 e. The Labute approximate surface area is 114 Å². The first kappa shape index (κ1) is 13.0. The van der Waals surface area contributed by atoms with Gasteiger partial charge in [-0.15, -0.1) is 0 Å². The van der Waals surface area contributed by atoms with E-state index in [4.69, 9.17) is 0 Å². The lowest BCUT2D eigenvalue weighted by molar-refractivity contribution is 0.621. The molecule has 0 radical (unpaired) electrons. The van der Waals surface area contributed by atoms with Gasteiger partial charge in [-0.3, -0.25) is 0 Å². The van der Waals surface area contributed by atoms with Crippen LogP contribution < -0.4 is 5.32 Å². The SMILES string of the molecule is CNc1nc(-c2ccc(Br)c(F)c2)nc(C)c1C. The molecule has 0 aliphatic heterocycles. The summed E-state index contributed by atoms with van der Waals surface area (Å²) in [7, 11) is 1.81. The maximum atomic E-state index is 13.5. The topological polar surface area (TPSA) is 37.8 Å². The van der Waals surface area contributed by atoms with Crippen molar-refractivity contribution < 1.29 is 4.39 Å². The van der Waals surface area contributed by atoms with Gasteiger partial charge in [0.05, 0.1) is 4.47 Å². The van der Waals surface area contributed by atoms with Gasteiger partial charge in [0.15, 0.2) is 5.82 Å². The van der Waals surface area contributed by atoms with Gasteiger partial charge >= 0.3 is 0 Å². The highest BCUT2D eigenvalue weighted by Gasteiger charge is 2.10. The van der Waals surface area contributed by atoms with Gasteiger partial charge in [0.25, 0.3) is 0 Å². The zero-order valence-electron chi connectivity index (χ0n) is 10.4. The van der Waals surface area contributed by atoms with Crippen molar-refractivity contribution in [1.29, 1.82) is 0 Å². The summed E-state index contributed by atoms with van der Waals surface area (Å²) in [6.07, 6.45) is 0. The summed E-state index contributed by atoms with van der Waals surface area (Å²) in [4.78, 5) is 8.78. The second kappa shape index (κ2) is 5.02. The number of anilines is 1. The Bertz CT molecular complexity index is 599. The van der Waals surface area contributed by atoms with Crippen LogP contribution in [0.2, 0.25) is 0 Å². The fourth-order valence-electron chi connectivity index (χ4n) is 1.64. The lowest BCUT2D eigenvalue weighted by atomic mass is 10.2. The minimum atomic E-state index is -0.319. The zero-order chi connectivity index (χ0) is 13.3. The standard InChI is InChI=1S/C13H13BrFN3/c1-7-8(2)17-13(18-12(7)16-3)9-4-5-10(14)11(15)6-9/h4-6H,1-3H3,(H,16,17,18). The summed E-state index contributed by atoms with van der Waals surface area (Å²) in [5.41, 5.74) is 2.54. The van der Waals surface area contributed by atoms with E-state index in [1.807, 2.05) is 13.8 Å². The van der Waals surface area contributed by atoms with Gasteiger partial charge in [0, 0.05) is 23.9 Å². The first-order chi connectivity index (χ1) is 8.52. The molecule has 0 atom stereocenters. The van der Waals surface area contributed by atoms with E-state index in [1.165, 1.54) is 6.07 Å². The average molecular weight is 310 g/mol. The fourth-order valence-corrected chi connectivity index (χ4v) is 1.88. The second-order valence-electron chi connectivity index (χ2n) is 3.99. The summed E-state index contributed by atoms with van der Waals surface area (Å²) in [5, 5.41) is 3.02. The van der Waals surface area contributed by atoms with Crippen LogP contribution in [0.15, 0.2) is 22.7 Å². The summed E-state index contributed by atoms with van der Waals surface area (Å²) < 4.78 is 13.9. The zero-order valence-corrected chi connectivity index (χ0v) is 12.0. The monoisotopic (exact) mass is 309 g/mol. The molecule has 2 rings (SSSR count). The predicted molar refractivity (Wildman–Crippen MR) is 74.1 cm³/mol. The molecule has 94 valence electrons. The van der Waals surface area contributed by atoms with Crippen LogP contribution in [-0.4, -0.2) is 17.0 Å². The first-order valence-electron chi connectivity index (χ1n) is 5.51. The molecule has 0 spiro atoms. The minimum Gasteiger partial charge on any atom is -0.373 e. The largest absolute Gasteiger partial charge is 0.373 e. The van der Waals surface area contributed by atoms with Gasteiger partial charge in [-0.05, 0) is 48.0 Å². The minimum absolute atomic E-state index is 0.319. The summed E-state index contributed by atoms with van der Waals surface area (Å²) in [5.74, 6) is 0.968. The van der Waals surface area contributed by atoms with Crippen molar-refractivity contribution in [2.24, 2.45) is 0 Å². The Balaban J connectivity index is 2.57. The van der Waals surface area contributed by atoms with Crippen LogP contribution in [0.1, 0.15) is 11.3 Å². The van der Waals surface area contributed by atoms with E-state index in [9.17, 15) is 4.39 Å². The molecule has 0 amide bonds. The molecule has 0 fully saturated rings. The lowest BCUT2D eigenvalue weighted by Crippen LogP contribution is -2.02. The predicted octanol–water partition coefficient (Wildman–Crippen LogP) is 3.70. The Kier molecular flexibility index (Phi) is 3.61. The van der Waals surface area contributed by atoms with Crippen molar-refractivity contribution in [3.63, 3.8) is 0 Å². The molecule has 0 aliphatic carbocycles. The van der Waals surface area contributed by atoms with Crippen LogP contribution in [0.5, 0.6) is 0 Å². The van der Waals surface area contributed by atoms with Crippen LogP contribution in [0.3, 0.4) is 0 Å². The molecule has 18 heavy (non-hydrogen) atoms. The molecule has 5 heteroatoms. The summed E-state index contributed by atoms with van der Waals surface area (Å²) in [6, 6.07) is 4.87. The van der Waals surface area contributed by atoms with E-state index in [-0.39, 0.29) is 5.82 Å². The van der Waals surface area contributed by atoms with Gasteiger partial charge in [0.2, 0.25) is 0 Å². The number of nitrogens with one attached hydrogen (secondary N) is 1. The van der Waals surface area contributed by atoms with Crippen molar-refractivity contribution in [2.75, 3.05) is 12.4 Å². The van der Waals surface area contributed by atoms with Crippen molar-refractivity contribution in [3.05, 3.63) is 39.7 Å². The molecule has 1 aromatic heterocycles. The summed E-state index contributed by atoms with van der Waals surface area (Å²) >= 11 is 3.13. The van der Waals surface area contributed by atoms with E-state index >= 15 is 0 Å². The summed E-state index contributed by atoms with van der Waals surface area (Å²) in [6.45, 7) is 3.86. The molecule has 1 N–H and O–H groups in total. The van der Waals surface area contributed by atoms with Crippen LogP contribution in [0.4, 0.5) is 10.2 Å². The number of rotatable bonds is 2. The average Bonchev–Trinajstić information content (AvgIpc) is 2.36. The van der Waals surface area contributed by atoms with Crippen LogP contribution in [0.25, 0.3) is 11.4 Å². The molecule has 0 unspecified atom stereocenters. The third kappa shape index (κ3) is 2.36. The number of halogens is 2. The molecule has 1 heterocycles. The van der Waals surface area contributed by atoms with Crippen LogP contribution in [0, 0.1) is 19.7 Å². The highest BCUT2D eigenvalue weighted by Crippen LogP contribution is 2.24. The number of aryl methyl sites for hydroxylation is 1. The molecule has 2 aromatic rings. The third-order valence-corrected chi connectivity index (χ3v) is 3.45. The maximum Gasteiger partial charge on any atom is 0.161 e. The normalized spacial score (nSPS) is 10.5. The lowest BCUT2D eigenvalue weighted by Gasteiger charge is -2.10. The number of hydrogen-bond donors (Lipinski definition) is 1. The number of nitrogens with zero attached hydrogens (tertiary/aromatic N) is 2. The Hall–Kier alpha value is -1.49. The highest BCUT2D eigenvalue weighted by molar-refractivity contribution is 9.10. The van der Waals surface area contributed by atoms with Gasteiger partial charge in [-0.25, -0.2) is 14.4 Å². The first-order valence-corrected chi connectivity index (χ1v) is 6.30. The molecule has 0 bridgehead atoms. The molecule has 0 saturated carbocycles. The Morgan fingerprint density at radius 3 is 2.56 bits per heavy atom. The van der Waals surface area contributed by atoms with E-state index in [0.717, 1.165) is 17.1 Å². The van der Waals surface area contributed by atoms with Crippen LogP contribution in [-0.2, 0) is 0 Å². The van der Waals surface area contributed by atoms with E-state index in [1.54, 1.807) is 19.2 Å². The van der Waals surface area contributed by atoms with E-state index in [0.29, 0.717) is 15.9 Å².